The van der Waals surface area contributed by atoms with Crippen molar-refractivity contribution in [3.63, 3.8) is 0 Å². The maximum Gasteiger partial charge on any atom is 0.0565 e. The third-order valence-corrected chi connectivity index (χ3v) is 5.87. The van der Waals surface area contributed by atoms with E-state index in [4.69, 9.17) is 0 Å². The number of fused-ring (bicyclic) bond motifs is 1. The predicted molar refractivity (Wildman–Crippen MR) is 99.0 cm³/mol. The summed E-state index contributed by atoms with van der Waals surface area (Å²) in [5.74, 6) is 0.776. The van der Waals surface area contributed by atoms with Crippen LogP contribution in [-0.4, -0.2) is 55.8 Å². The summed E-state index contributed by atoms with van der Waals surface area (Å²) in [5.41, 5.74) is 1.38. The van der Waals surface area contributed by atoms with E-state index < -0.39 is 0 Å². The number of piperidine rings is 1. The molecule has 0 N–H and O–H groups in total. The monoisotopic (exact) mass is 339 g/mol. The molecule has 0 spiro atoms. The van der Waals surface area contributed by atoms with Crippen LogP contribution >= 0.6 is 0 Å². The summed E-state index contributed by atoms with van der Waals surface area (Å²) in [6.07, 6.45) is 10.4. The fourth-order valence-corrected chi connectivity index (χ4v) is 4.95. The molecule has 0 saturated carbocycles. The summed E-state index contributed by atoms with van der Waals surface area (Å²) in [6, 6.07) is 8.24. The van der Waals surface area contributed by atoms with Crippen LogP contribution in [0.5, 0.6) is 0 Å². The van der Waals surface area contributed by atoms with Crippen molar-refractivity contribution in [3.8, 4) is 0 Å². The predicted octanol–water partition coefficient (Wildman–Crippen LogP) is 2.65. The van der Waals surface area contributed by atoms with Gasteiger partial charge in [0.05, 0.1) is 6.54 Å². The molecule has 0 bridgehead atoms. The van der Waals surface area contributed by atoms with Gasteiger partial charge in [-0.1, -0.05) is 0 Å². The molecule has 0 aliphatic carbocycles. The maximum atomic E-state index is 4.44. The van der Waals surface area contributed by atoms with Gasteiger partial charge in [0.2, 0.25) is 0 Å². The lowest BCUT2D eigenvalue weighted by Gasteiger charge is -2.40. The summed E-state index contributed by atoms with van der Waals surface area (Å²) in [6.45, 7) is 9.18. The van der Waals surface area contributed by atoms with E-state index in [9.17, 15) is 0 Å². The van der Waals surface area contributed by atoms with Gasteiger partial charge >= 0.3 is 0 Å². The van der Waals surface area contributed by atoms with Crippen LogP contribution < -0.4 is 0 Å². The van der Waals surface area contributed by atoms with Crippen LogP contribution in [0.1, 0.15) is 32.3 Å². The minimum Gasteiger partial charge on any atom is -0.299 e. The molecule has 25 heavy (non-hydrogen) atoms. The Morgan fingerprint density at radius 3 is 2.76 bits per heavy atom. The Balaban J connectivity index is 1.43. The van der Waals surface area contributed by atoms with Crippen LogP contribution in [0.2, 0.25) is 0 Å². The average molecular weight is 339 g/mol. The fraction of sp³-hybridized carbons (Fsp3) is 0.600. The summed E-state index contributed by atoms with van der Waals surface area (Å²) in [4.78, 5) is 9.54. The van der Waals surface area contributed by atoms with Crippen LogP contribution in [0.3, 0.4) is 0 Å². The molecule has 2 aromatic heterocycles. The number of hydrogen-bond donors (Lipinski definition) is 0. The van der Waals surface area contributed by atoms with Gasteiger partial charge in [0.15, 0.2) is 0 Å². The lowest BCUT2D eigenvalue weighted by Crippen LogP contribution is -2.49. The van der Waals surface area contributed by atoms with E-state index in [-0.39, 0.29) is 0 Å². The van der Waals surface area contributed by atoms with Crippen LogP contribution in [-0.2, 0) is 13.1 Å². The van der Waals surface area contributed by atoms with Gasteiger partial charge < -0.3 is 0 Å². The zero-order valence-corrected chi connectivity index (χ0v) is 15.3. The highest BCUT2D eigenvalue weighted by molar-refractivity contribution is 5.10. The first-order valence-corrected chi connectivity index (χ1v) is 9.57. The van der Waals surface area contributed by atoms with Crippen molar-refractivity contribution in [2.45, 2.75) is 57.9 Å². The first kappa shape index (κ1) is 16.7. The molecule has 5 nitrogen and oxygen atoms in total. The van der Waals surface area contributed by atoms with E-state index >= 15 is 0 Å². The van der Waals surface area contributed by atoms with Crippen molar-refractivity contribution in [1.29, 1.82) is 0 Å². The highest BCUT2D eigenvalue weighted by Gasteiger charge is 2.44. The Hall–Kier alpha value is -1.72. The van der Waals surface area contributed by atoms with Gasteiger partial charge in [0, 0.05) is 56.0 Å². The van der Waals surface area contributed by atoms with E-state index in [0.29, 0.717) is 12.1 Å². The van der Waals surface area contributed by atoms with Crippen molar-refractivity contribution in [2.75, 3.05) is 13.1 Å². The van der Waals surface area contributed by atoms with Gasteiger partial charge in [0.25, 0.3) is 0 Å². The van der Waals surface area contributed by atoms with E-state index in [1.165, 1.54) is 31.5 Å². The van der Waals surface area contributed by atoms with Gasteiger partial charge in [-0.05, 0) is 62.9 Å². The highest BCUT2D eigenvalue weighted by atomic mass is 15.3. The molecular weight excluding hydrogens is 310 g/mol. The third-order valence-electron chi connectivity index (χ3n) is 5.87. The molecule has 3 atom stereocenters. The lowest BCUT2D eigenvalue weighted by atomic mass is 9.91. The van der Waals surface area contributed by atoms with Crippen molar-refractivity contribution < 1.29 is 0 Å². The zero-order chi connectivity index (χ0) is 17.2. The van der Waals surface area contributed by atoms with Crippen LogP contribution in [0.25, 0.3) is 0 Å². The van der Waals surface area contributed by atoms with E-state index in [2.05, 4.69) is 56.7 Å². The second-order valence-electron chi connectivity index (χ2n) is 7.87. The first-order valence-electron chi connectivity index (χ1n) is 9.57. The molecule has 5 heteroatoms. The molecule has 2 aliphatic heterocycles. The molecule has 0 radical (unpaired) electrons. The van der Waals surface area contributed by atoms with Crippen molar-refractivity contribution >= 4 is 0 Å². The maximum absolute atomic E-state index is 4.44. The fourth-order valence-electron chi connectivity index (χ4n) is 4.95. The number of pyridine rings is 1. The van der Waals surface area contributed by atoms with Gasteiger partial charge in [-0.2, -0.15) is 5.10 Å². The SMILES string of the molecule is CC(C)N1[C@@H](Cn2cccn2)C[C@H]2CN(Cc3ccncc3)CC[C@H]21. The van der Waals surface area contributed by atoms with Gasteiger partial charge in [-0.25, -0.2) is 0 Å². The summed E-state index contributed by atoms with van der Waals surface area (Å²) in [5, 5.41) is 4.44. The molecular formula is C20H29N5. The van der Waals surface area contributed by atoms with Gasteiger partial charge in [-0.3, -0.25) is 19.5 Å². The third kappa shape index (κ3) is 3.62. The minimum absolute atomic E-state index is 0.599. The Kier molecular flexibility index (Phi) is 4.86. The lowest BCUT2D eigenvalue weighted by molar-refractivity contribution is 0.0719. The van der Waals surface area contributed by atoms with Crippen molar-refractivity contribution in [1.82, 2.24) is 24.6 Å². The van der Waals surface area contributed by atoms with E-state index in [1.54, 1.807) is 0 Å². The largest absolute Gasteiger partial charge is 0.299 e. The number of rotatable bonds is 5. The molecule has 4 heterocycles. The molecule has 2 fully saturated rings. The van der Waals surface area contributed by atoms with Gasteiger partial charge in [0.1, 0.15) is 0 Å². The Morgan fingerprint density at radius 1 is 1.20 bits per heavy atom. The molecule has 4 rings (SSSR count). The van der Waals surface area contributed by atoms with Crippen LogP contribution in [0.15, 0.2) is 43.0 Å². The summed E-state index contributed by atoms with van der Waals surface area (Å²) < 4.78 is 2.10. The van der Waals surface area contributed by atoms with Crippen molar-refractivity contribution in [3.05, 3.63) is 48.5 Å². The Labute approximate surface area is 150 Å². The molecule has 134 valence electrons. The quantitative estimate of drug-likeness (QED) is 0.839. The Morgan fingerprint density at radius 2 is 2.04 bits per heavy atom. The molecule has 0 unspecified atom stereocenters. The zero-order valence-electron chi connectivity index (χ0n) is 15.3. The number of nitrogens with zero attached hydrogens (tertiary/aromatic N) is 5. The summed E-state index contributed by atoms with van der Waals surface area (Å²) in [7, 11) is 0. The smallest absolute Gasteiger partial charge is 0.0565 e. The van der Waals surface area contributed by atoms with Crippen LogP contribution in [0.4, 0.5) is 0 Å². The first-order chi connectivity index (χ1) is 12.2. The van der Waals surface area contributed by atoms with Crippen molar-refractivity contribution in [2.24, 2.45) is 5.92 Å². The second kappa shape index (κ2) is 7.26. The van der Waals surface area contributed by atoms with E-state index in [1.807, 2.05) is 24.7 Å². The van der Waals surface area contributed by atoms with Gasteiger partial charge in [-0.15, -0.1) is 0 Å². The average Bonchev–Trinajstić information content (AvgIpc) is 3.23. The topological polar surface area (TPSA) is 37.2 Å². The molecule has 2 aliphatic rings. The minimum atomic E-state index is 0.599. The standard InChI is InChI=1S/C20H29N5/c1-16(2)25-19(15-24-10-3-7-22-24)12-18-14-23(11-6-20(18)25)13-17-4-8-21-9-5-17/h3-5,7-10,16,18-20H,6,11-15H2,1-2H3/t18-,19+,20+/m0/s1. The van der Waals surface area contributed by atoms with E-state index in [0.717, 1.165) is 25.0 Å². The van der Waals surface area contributed by atoms with Crippen LogP contribution in [0, 0.1) is 5.92 Å². The normalized spacial score (nSPS) is 27.7. The number of aromatic nitrogens is 3. The highest BCUT2D eigenvalue weighted by Crippen LogP contribution is 2.38. The number of hydrogen-bond acceptors (Lipinski definition) is 4. The molecule has 2 aromatic rings. The summed E-state index contributed by atoms with van der Waals surface area (Å²) >= 11 is 0. The Bertz CT molecular complexity index is 654. The number of likely N-dealkylation sites (tertiary alicyclic amines) is 2. The molecule has 0 aromatic carbocycles. The molecule has 0 amide bonds. The molecule has 2 saturated heterocycles. The second-order valence-corrected chi connectivity index (χ2v) is 7.87.